The average molecular weight is 520 g/mol. The predicted molar refractivity (Wildman–Crippen MR) is 122 cm³/mol. The zero-order valence-electron chi connectivity index (χ0n) is 20.9. The minimum atomic E-state index is -1.31. The Hall–Kier alpha value is -3.84. The first-order valence-corrected chi connectivity index (χ1v) is 11.5. The van der Waals surface area contributed by atoms with E-state index in [1.165, 1.54) is 6.92 Å². The molecule has 200 valence electrons. The van der Waals surface area contributed by atoms with Gasteiger partial charge in [-0.3, -0.25) is 19.2 Å². The highest BCUT2D eigenvalue weighted by Gasteiger charge is 2.52. The molecule has 2 heterocycles. The monoisotopic (exact) mass is 519 g/mol. The molecule has 0 aliphatic carbocycles. The van der Waals surface area contributed by atoms with Crippen LogP contribution in [0, 0.1) is 0 Å². The highest BCUT2D eigenvalue weighted by atomic mass is 16.7. The lowest BCUT2D eigenvalue weighted by molar-refractivity contribution is -0.310. The zero-order chi connectivity index (χ0) is 26.9. The first-order valence-electron chi connectivity index (χ1n) is 11.5. The standard InChI is InChI=1S/C24H29N3O10/c1-14(28)32-13-20-21(34-15(2)29)22(35-16(3)30)23(36-17(4)31)24(37-20)33-12-19-11-27(26-25-19)10-18-8-6-5-7-9-18/h5-9,11,20-24H,10,12-13H2,1-4H3/t20-,21-,22+,23+,24+/m1/s1. The van der Waals surface area contributed by atoms with E-state index >= 15 is 0 Å². The van der Waals surface area contributed by atoms with Crippen molar-refractivity contribution < 1.29 is 47.6 Å². The van der Waals surface area contributed by atoms with E-state index in [9.17, 15) is 19.2 Å². The molecule has 1 aromatic heterocycles. The summed E-state index contributed by atoms with van der Waals surface area (Å²) in [4.78, 5) is 47.0. The number of ether oxygens (including phenoxy) is 6. The predicted octanol–water partition coefficient (Wildman–Crippen LogP) is 0.926. The van der Waals surface area contributed by atoms with Gasteiger partial charge in [0, 0.05) is 27.7 Å². The molecule has 1 aliphatic heterocycles. The van der Waals surface area contributed by atoms with Crippen molar-refractivity contribution >= 4 is 23.9 Å². The number of rotatable bonds is 10. The van der Waals surface area contributed by atoms with Crippen LogP contribution in [-0.2, 0) is 60.8 Å². The number of nitrogens with zero attached hydrogens (tertiary/aromatic N) is 3. The van der Waals surface area contributed by atoms with Gasteiger partial charge in [0.2, 0.25) is 0 Å². The lowest BCUT2D eigenvalue weighted by Crippen LogP contribution is -2.62. The molecule has 3 rings (SSSR count). The Labute approximate surface area is 212 Å². The van der Waals surface area contributed by atoms with Crippen molar-refractivity contribution in [2.75, 3.05) is 6.61 Å². The average Bonchev–Trinajstić information content (AvgIpc) is 3.26. The third-order valence-corrected chi connectivity index (χ3v) is 5.12. The van der Waals surface area contributed by atoms with Gasteiger partial charge in [-0.1, -0.05) is 35.5 Å². The summed E-state index contributed by atoms with van der Waals surface area (Å²) >= 11 is 0. The molecule has 0 bridgehead atoms. The summed E-state index contributed by atoms with van der Waals surface area (Å²) in [5, 5.41) is 8.17. The normalized spacial score (nSPS) is 23.1. The molecular formula is C24H29N3O10. The van der Waals surface area contributed by atoms with E-state index < -0.39 is 54.6 Å². The number of hydrogen-bond donors (Lipinski definition) is 0. The minimum absolute atomic E-state index is 0.109. The molecule has 0 radical (unpaired) electrons. The molecule has 0 spiro atoms. The topological polar surface area (TPSA) is 154 Å². The van der Waals surface area contributed by atoms with E-state index in [1.54, 1.807) is 10.9 Å². The van der Waals surface area contributed by atoms with Gasteiger partial charge in [0.15, 0.2) is 24.6 Å². The van der Waals surface area contributed by atoms with Crippen LogP contribution in [0.25, 0.3) is 0 Å². The Bertz CT molecular complexity index is 1090. The van der Waals surface area contributed by atoms with E-state index in [0.717, 1.165) is 26.3 Å². The van der Waals surface area contributed by atoms with E-state index in [1.807, 2.05) is 30.3 Å². The first kappa shape index (κ1) is 27.7. The lowest BCUT2D eigenvalue weighted by atomic mass is 9.98. The second kappa shape index (κ2) is 12.9. The third-order valence-electron chi connectivity index (χ3n) is 5.12. The Morgan fingerprint density at radius 2 is 1.49 bits per heavy atom. The van der Waals surface area contributed by atoms with Crippen molar-refractivity contribution in [2.45, 2.75) is 71.6 Å². The molecule has 0 N–H and O–H groups in total. The number of hydrogen-bond acceptors (Lipinski definition) is 12. The van der Waals surface area contributed by atoms with Gasteiger partial charge >= 0.3 is 23.9 Å². The molecule has 0 amide bonds. The quantitative estimate of drug-likeness (QED) is 0.324. The van der Waals surface area contributed by atoms with Crippen molar-refractivity contribution in [2.24, 2.45) is 0 Å². The summed E-state index contributed by atoms with van der Waals surface area (Å²) < 4.78 is 34.5. The molecule has 1 aliphatic rings. The van der Waals surface area contributed by atoms with Crippen LogP contribution < -0.4 is 0 Å². The van der Waals surface area contributed by atoms with Gasteiger partial charge in [0.25, 0.3) is 0 Å². The molecule has 0 unspecified atom stereocenters. The highest BCUT2D eigenvalue weighted by molar-refractivity contribution is 5.68. The molecular weight excluding hydrogens is 490 g/mol. The minimum Gasteiger partial charge on any atom is -0.463 e. The van der Waals surface area contributed by atoms with Crippen LogP contribution in [0.2, 0.25) is 0 Å². The Kier molecular flexibility index (Phi) is 9.69. The van der Waals surface area contributed by atoms with Crippen LogP contribution in [0.4, 0.5) is 0 Å². The van der Waals surface area contributed by atoms with E-state index in [-0.39, 0.29) is 13.2 Å². The number of carbonyl (C=O) groups excluding carboxylic acids is 4. The van der Waals surface area contributed by atoms with Crippen molar-refractivity contribution in [1.82, 2.24) is 15.0 Å². The number of carbonyl (C=O) groups is 4. The molecule has 13 heteroatoms. The Morgan fingerprint density at radius 1 is 0.865 bits per heavy atom. The fraction of sp³-hybridized carbons (Fsp3) is 0.500. The third kappa shape index (κ3) is 8.36. The van der Waals surface area contributed by atoms with Crippen LogP contribution in [0.5, 0.6) is 0 Å². The zero-order valence-corrected chi connectivity index (χ0v) is 20.9. The SMILES string of the molecule is CC(=O)OC[C@H]1O[C@H](OCc2cn(Cc3ccccc3)nn2)[C@@H](OC(C)=O)[C@@H](OC(C)=O)[C@@H]1OC(C)=O. The van der Waals surface area contributed by atoms with Gasteiger partial charge in [0.05, 0.1) is 19.3 Å². The van der Waals surface area contributed by atoms with E-state index in [2.05, 4.69) is 10.3 Å². The van der Waals surface area contributed by atoms with Crippen LogP contribution >= 0.6 is 0 Å². The summed E-state index contributed by atoms with van der Waals surface area (Å²) in [5.41, 5.74) is 1.48. The molecule has 1 fully saturated rings. The molecule has 1 aromatic carbocycles. The number of benzene rings is 1. The Balaban J connectivity index is 1.81. The number of aromatic nitrogens is 3. The van der Waals surface area contributed by atoms with Gasteiger partial charge in [-0.15, -0.1) is 5.10 Å². The van der Waals surface area contributed by atoms with Crippen LogP contribution in [0.3, 0.4) is 0 Å². The maximum Gasteiger partial charge on any atom is 0.303 e. The van der Waals surface area contributed by atoms with Crippen LogP contribution in [-0.4, -0.2) is 76.2 Å². The molecule has 1 saturated heterocycles. The first-order chi connectivity index (χ1) is 17.6. The van der Waals surface area contributed by atoms with Gasteiger partial charge in [0.1, 0.15) is 18.4 Å². The van der Waals surface area contributed by atoms with E-state index in [4.69, 9.17) is 28.4 Å². The maximum atomic E-state index is 11.9. The van der Waals surface area contributed by atoms with Gasteiger partial charge in [-0.25, -0.2) is 4.68 Å². The maximum absolute atomic E-state index is 11.9. The van der Waals surface area contributed by atoms with Crippen molar-refractivity contribution in [3.05, 3.63) is 47.8 Å². The van der Waals surface area contributed by atoms with Crippen molar-refractivity contribution in [3.63, 3.8) is 0 Å². The van der Waals surface area contributed by atoms with Gasteiger partial charge in [-0.05, 0) is 5.56 Å². The molecule has 37 heavy (non-hydrogen) atoms. The van der Waals surface area contributed by atoms with Gasteiger partial charge in [-0.2, -0.15) is 0 Å². The molecule has 13 nitrogen and oxygen atoms in total. The number of esters is 4. The fourth-order valence-electron chi connectivity index (χ4n) is 3.74. The molecule has 5 atom stereocenters. The molecule has 2 aromatic rings. The smallest absolute Gasteiger partial charge is 0.303 e. The summed E-state index contributed by atoms with van der Waals surface area (Å²) in [6, 6.07) is 9.66. The molecule has 0 saturated carbocycles. The van der Waals surface area contributed by atoms with E-state index in [0.29, 0.717) is 12.2 Å². The van der Waals surface area contributed by atoms with Crippen molar-refractivity contribution in [3.8, 4) is 0 Å². The fourth-order valence-corrected chi connectivity index (χ4v) is 3.74. The lowest BCUT2D eigenvalue weighted by Gasteiger charge is -2.43. The second-order valence-electron chi connectivity index (χ2n) is 8.27. The van der Waals surface area contributed by atoms with Crippen LogP contribution in [0.15, 0.2) is 36.5 Å². The highest BCUT2D eigenvalue weighted by Crippen LogP contribution is 2.30. The summed E-state index contributed by atoms with van der Waals surface area (Å²) in [6.07, 6.45) is -4.57. The van der Waals surface area contributed by atoms with Gasteiger partial charge < -0.3 is 28.4 Å². The summed E-state index contributed by atoms with van der Waals surface area (Å²) in [7, 11) is 0. The second-order valence-corrected chi connectivity index (χ2v) is 8.27. The summed E-state index contributed by atoms with van der Waals surface area (Å²) in [6.45, 7) is 4.69. The van der Waals surface area contributed by atoms with Crippen molar-refractivity contribution in [1.29, 1.82) is 0 Å². The summed E-state index contributed by atoms with van der Waals surface area (Å²) in [5.74, 6) is -2.76. The Morgan fingerprint density at radius 3 is 2.11 bits per heavy atom. The van der Waals surface area contributed by atoms with Crippen LogP contribution in [0.1, 0.15) is 39.0 Å². The largest absolute Gasteiger partial charge is 0.463 e.